The number of methoxy groups -OCH3 is 2. The fraction of sp³-hybridized carbons (Fsp3) is 0.360. The summed E-state index contributed by atoms with van der Waals surface area (Å²) in [5, 5.41) is 4.84. The van der Waals surface area contributed by atoms with Gasteiger partial charge in [-0.2, -0.15) is 5.10 Å². The van der Waals surface area contributed by atoms with Crippen LogP contribution in [0.5, 0.6) is 11.5 Å². The van der Waals surface area contributed by atoms with Crippen molar-refractivity contribution in [2.75, 3.05) is 20.8 Å². The summed E-state index contributed by atoms with van der Waals surface area (Å²) in [5.41, 5.74) is 3.35. The minimum absolute atomic E-state index is 0.0964. The lowest BCUT2D eigenvalue weighted by atomic mass is 10.00. The van der Waals surface area contributed by atoms with E-state index in [0.717, 1.165) is 53.3 Å². The third kappa shape index (κ3) is 4.64. The van der Waals surface area contributed by atoms with E-state index < -0.39 is 0 Å². The van der Waals surface area contributed by atoms with E-state index in [4.69, 9.17) is 14.6 Å². The van der Waals surface area contributed by atoms with E-state index in [1.54, 1.807) is 25.0 Å². The molecular weight excluding hydrogens is 390 g/mol. The second kappa shape index (κ2) is 9.35. The predicted octanol–water partition coefficient (Wildman–Crippen LogP) is 4.43. The molecule has 0 amide bonds. The Morgan fingerprint density at radius 1 is 0.935 bits per heavy atom. The van der Waals surface area contributed by atoms with Gasteiger partial charge < -0.3 is 9.47 Å². The number of ether oxygens (including phenoxy) is 2. The molecular formula is C25H29N3O3. The van der Waals surface area contributed by atoms with Crippen molar-refractivity contribution in [2.45, 2.75) is 38.9 Å². The number of rotatable bonds is 6. The van der Waals surface area contributed by atoms with Gasteiger partial charge in [-0.25, -0.2) is 4.68 Å². The summed E-state index contributed by atoms with van der Waals surface area (Å²) < 4.78 is 12.2. The summed E-state index contributed by atoms with van der Waals surface area (Å²) in [6, 6.07) is 17.6. The number of piperidine rings is 1. The quantitative estimate of drug-likeness (QED) is 0.592. The highest BCUT2D eigenvalue weighted by molar-refractivity contribution is 5.80. The molecule has 4 rings (SSSR count). The SMILES string of the molecule is COc1ccc(-c2cc(=O)n(CN3CCCCC3C)nc2-c2ccc(OC)cc2)cc1. The molecule has 1 aromatic heterocycles. The zero-order valence-electron chi connectivity index (χ0n) is 18.4. The van der Waals surface area contributed by atoms with Crippen LogP contribution in [0.2, 0.25) is 0 Å². The van der Waals surface area contributed by atoms with E-state index in [2.05, 4.69) is 11.8 Å². The Kier molecular flexibility index (Phi) is 6.37. The number of nitrogens with zero attached hydrogens (tertiary/aromatic N) is 3. The van der Waals surface area contributed by atoms with Crippen LogP contribution in [0.3, 0.4) is 0 Å². The molecule has 6 nitrogen and oxygen atoms in total. The largest absolute Gasteiger partial charge is 0.497 e. The normalized spacial score (nSPS) is 16.8. The molecule has 1 unspecified atom stereocenters. The molecule has 0 saturated carbocycles. The van der Waals surface area contributed by atoms with Crippen LogP contribution in [-0.2, 0) is 6.67 Å². The van der Waals surface area contributed by atoms with Gasteiger partial charge in [0.25, 0.3) is 5.56 Å². The molecule has 0 spiro atoms. The molecule has 1 saturated heterocycles. The molecule has 3 aromatic rings. The zero-order valence-corrected chi connectivity index (χ0v) is 18.4. The number of aromatic nitrogens is 2. The van der Waals surface area contributed by atoms with Gasteiger partial charge >= 0.3 is 0 Å². The maximum atomic E-state index is 13.0. The third-order valence-corrected chi connectivity index (χ3v) is 6.02. The fourth-order valence-electron chi connectivity index (χ4n) is 4.08. The lowest BCUT2D eigenvalue weighted by Crippen LogP contribution is -2.41. The van der Waals surface area contributed by atoms with Crippen molar-refractivity contribution in [3.63, 3.8) is 0 Å². The first-order valence-corrected chi connectivity index (χ1v) is 10.7. The van der Waals surface area contributed by atoms with Gasteiger partial charge in [0, 0.05) is 29.8 Å². The van der Waals surface area contributed by atoms with Gasteiger partial charge in [-0.05, 0) is 61.7 Å². The average molecular weight is 420 g/mol. The molecule has 162 valence electrons. The molecule has 31 heavy (non-hydrogen) atoms. The van der Waals surface area contributed by atoms with Crippen LogP contribution in [0, 0.1) is 0 Å². The summed E-state index contributed by atoms with van der Waals surface area (Å²) in [6.45, 7) is 3.72. The summed E-state index contributed by atoms with van der Waals surface area (Å²) in [5.74, 6) is 1.56. The van der Waals surface area contributed by atoms with Crippen LogP contribution in [-0.4, -0.2) is 41.5 Å². The molecule has 1 fully saturated rings. The highest BCUT2D eigenvalue weighted by Gasteiger charge is 2.20. The monoisotopic (exact) mass is 419 g/mol. The second-order valence-electron chi connectivity index (χ2n) is 8.00. The summed E-state index contributed by atoms with van der Waals surface area (Å²) >= 11 is 0. The van der Waals surface area contributed by atoms with E-state index in [1.165, 1.54) is 6.42 Å². The Morgan fingerprint density at radius 2 is 1.55 bits per heavy atom. The van der Waals surface area contributed by atoms with Crippen LogP contribution in [0.1, 0.15) is 26.2 Å². The van der Waals surface area contributed by atoms with Crippen LogP contribution < -0.4 is 15.0 Å². The highest BCUT2D eigenvalue weighted by Crippen LogP contribution is 2.31. The van der Waals surface area contributed by atoms with Gasteiger partial charge in [0.1, 0.15) is 11.5 Å². The smallest absolute Gasteiger partial charge is 0.268 e. The minimum Gasteiger partial charge on any atom is -0.497 e. The Hall–Kier alpha value is -3.12. The molecule has 0 bridgehead atoms. The molecule has 2 heterocycles. The predicted molar refractivity (Wildman–Crippen MR) is 122 cm³/mol. The maximum absolute atomic E-state index is 13.0. The molecule has 2 aromatic carbocycles. The topological polar surface area (TPSA) is 56.6 Å². The van der Waals surface area contributed by atoms with Crippen molar-refractivity contribution in [2.24, 2.45) is 0 Å². The first kappa shape index (κ1) is 21.1. The third-order valence-electron chi connectivity index (χ3n) is 6.02. The summed E-state index contributed by atoms with van der Waals surface area (Å²) in [7, 11) is 3.29. The lowest BCUT2D eigenvalue weighted by molar-refractivity contribution is 0.113. The highest BCUT2D eigenvalue weighted by atomic mass is 16.5. The van der Waals surface area contributed by atoms with Gasteiger partial charge in [0.15, 0.2) is 0 Å². The van der Waals surface area contributed by atoms with Gasteiger partial charge in [0.05, 0.1) is 26.6 Å². The molecule has 1 atom stereocenters. The first-order chi connectivity index (χ1) is 15.1. The van der Waals surface area contributed by atoms with Crippen LogP contribution in [0.15, 0.2) is 59.4 Å². The summed E-state index contributed by atoms with van der Waals surface area (Å²) in [6.07, 6.45) is 3.56. The Balaban J connectivity index is 1.79. The van der Waals surface area contributed by atoms with E-state index >= 15 is 0 Å². The molecule has 1 aliphatic rings. The van der Waals surface area contributed by atoms with Crippen LogP contribution >= 0.6 is 0 Å². The van der Waals surface area contributed by atoms with E-state index in [9.17, 15) is 4.79 Å². The number of hydrogen-bond donors (Lipinski definition) is 0. The average Bonchev–Trinajstić information content (AvgIpc) is 2.81. The van der Waals surface area contributed by atoms with Crippen molar-refractivity contribution in [1.29, 1.82) is 0 Å². The molecule has 1 aliphatic heterocycles. The van der Waals surface area contributed by atoms with Crippen molar-refractivity contribution >= 4 is 0 Å². The summed E-state index contributed by atoms with van der Waals surface area (Å²) in [4.78, 5) is 15.4. The second-order valence-corrected chi connectivity index (χ2v) is 8.00. The van der Waals surface area contributed by atoms with Gasteiger partial charge in [-0.15, -0.1) is 0 Å². The van der Waals surface area contributed by atoms with Crippen molar-refractivity contribution < 1.29 is 9.47 Å². The van der Waals surface area contributed by atoms with Crippen LogP contribution in [0.4, 0.5) is 0 Å². The van der Waals surface area contributed by atoms with E-state index in [1.807, 2.05) is 48.5 Å². The van der Waals surface area contributed by atoms with E-state index in [-0.39, 0.29) is 5.56 Å². The zero-order chi connectivity index (χ0) is 21.8. The van der Waals surface area contributed by atoms with Gasteiger partial charge in [0.2, 0.25) is 0 Å². The molecule has 0 N–H and O–H groups in total. The van der Waals surface area contributed by atoms with E-state index in [0.29, 0.717) is 12.7 Å². The minimum atomic E-state index is -0.0964. The van der Waals surface area contributed by atoms with Crippen molar-refractivity contribution in [1.82, 2.24) is 14.7 Å². The number of benzene rings is 2. The van der Waals surface area contributed by atoms with Crippen LogP contribution in [0.25, 0.3) is 22.4 Å². The van der Waals surface area contributed by atoms with Gasteiger partial charge in [-0.3, -0.25) is 9.69 Å². The number of hydrogen-bond acceptors (Lipinski definition) is 5. The van der Waals surface area contributed by atoms with Gasteiger partial charge in [-0.1, -0.05) is 18.6 Å². The maximum Gasteiger partial charge on any atom is 0.268 e. The first-order valence-electron chi connectivity index (χ1n) is 10.7. The lowest BCUT2D eigenvalue weighted by Gasteiger charge is -2.33. The van der Waals surface area contributed by atoms with Crippen molar-refractivity contribution in [3.05, 3.63) is 65.0 Å². The standard InChI is InChI=1S/C25H29N3O3/c1-18-6-4-5-15-27(18)17-28-24(29)16-23(19-7-11-21(30-2)12-8-19)25(26-28)20-9-13-22(31-3)14-10-20/h7-14,16,18H,4-6,15,17H2,1-3H3. The Labute approximate surface area is 183 Å². The fourth-order valence-corrected chi connectivity index (χ4v) is 4.08. The molecule has 0 aliphatic carbocycles. The van der Waals surface area contributed by atoms with Crippen molar-refractivity contribution in [3.8, 4) is 33.9 Å². The Morgan fingerprint density at radius 3 is 2.13 bits per heavy atom. The number of likely N-dealkylation sites (tertiary alicyclic amines) is 1. The Bertz CT molecular complexity index is 1070. The molecule has 6 heteroatoms. The molecule has 0 radical (unpaired) electrons.